The molecule has 2 unspecified atom stereocenters. The Morgan fingerprint density at radius 1 is 1.18 bits per heavy atom. The molecule has 5 heteroatoms. The highest BCUT2D eigenvalue weighted by Crippen LogP contribution is 2.23. The van der Waals surface area contributed by atoms with Gasteiger partial charge in [-0.3, -0.25) is 0 Å². The third-order valence-corrected chi connectivity index (χ3v) is 3.51. The van der Waals surface area contributed by atoms with Crippen molar-refractivity contribution in [2.75, 3.05) is 14.2 Å². The molecule has 2 N–H and O–H groups in total. The summed E-state index contributed by atoms with van der Waals surface area (Å²) in [7, 11) is 3.27. The summed E-state index contributed by atoms with van der Waals surface area (Å²) >= 11 is 0. The first-order chi connectivity index (χ1) is 10.6. The molecule has 2 aromatic rings. The molecule has 2 atom stereocenters. The Balaban J connectivity index is 1.89. The van der Waals surface area contributed by atoms with E-state index in [1.165, 1.54) is 0 Å². The summed E-state index contributed by atoms with van der Waals surface area (Å²) in [5.74, 6) is 2.12. The summed E-state index contributed by atoms with van der Waals surface area (Å²) in [5.41, 5.74) is 1.07. The number of furan rings is 1. The van der Waals surface area contributed by atoms with Crippen LogP contribution in [0.2, 0.25) is 0 Å². The van der Waals surface area contributed by atoms with Crippen LogP contribution in [0.15, 0.2) is 41.0 Å². The van der Waals surface area contributed by atoms with Crippen molar-refractivity contribution in [2.45, 2.75) is 32.0 Å². The lowest BCUT2D eigenvalue weighted by molar-refractivity contribution is 0.128. The van der Waals surface area contributed by atoms with Crippen LogP contribution in [0.4, 0.5) is 0 Å². The van der Waals surface area contributed by atoms with E-state index in [-0.39, 0.29) is 6.04 Å². The van der Waals surface area contributed by atoms with Crippen molar-refractivity contribution < 1.29 is 19.0 Å². The lowest BCUT2D eigenvalue weighted by Gasteiger charge is -2.17. The quantitative estimate of drug-likeness (QED) is 0.785. The predicted octanol–water partition coefficient (Wildman–Crippen LogP) is 2.90. The Bertz CT molecular complexity index is 546. The summed E-state index contributed by atoms with van der Waals surface area (Å²) < 4.78 is 15.7. The minimum absolute atomic E-state index is 0.136. The maximum atomic E-state index is 10.1. The molecule has 0 radical (unpaired) electrons. The second kappa shape index (κ2) is 7.87. The van der Waals surface area contributed by atoms with Gasteiger partial charge in [-0.05, 0) is 43.2 Å². The van der Waals surface area contributed by atoms with Gasteiger partial charge in [0.25, 0.3) is 0 Å². The van der Waals surface area contributed by atoms with E-state index < -0.39 is 6.10 Å². The van der Waals surface area contributed by atoms with Crippen LogP contribution in [0, 0.1) is 0 Å². The third kappa shape index (κ3) is 4.51. The fourth-order valence-corrected chi connectivity index (χ4v) is 2.28. The molecule has 1 heterocycles. The number of aliphatic hydroxyl groups excluding tert-OH is 1. The lowest BCUT2D eigenvalue weighted by atomic mass is 10.1. The van der Waals surface area contributed by atoms with Crippen LogP contribution in [0.3, 0.4) is 0 Å². The number of ether oxygens (including phenoxy) is 2. The average molecular weight is 305 g/mol. The smallest absolute Gasteiger partial charge is 0.132 e. The first-order valence-electron chi connectivity index (χ1n) is 7.29. The fourth-order valence-electron chi connectivity index (χ4n) is 2.28. The lowest BCUT2D eigenvalue weighted by Crippen LogP contribution is -2.27. The van der Waals surface area contributed by atoms with Crippen molar-refractivity contribution in [3.63, 3.8) is 0 Å². The van der Waals surface area contributed by atoms with Gasteiger partial charge in [0.1, 0.15) is 23.4 Å². The molecule has 0 spiro atoms. The number of hydrogen-bond donors (Lipinski definition) is 2. The van der Waals surface area contributed by atoms with E-state index in [0.29, 0.717) is 18.7 Å². The van der Waals surface area contributed by atoms with Gasteiger partial charge in [-0.1, -0.05) is 0 Å². The third-order valence-electron chi connectivity index (χ3n) is 3.51. The molecular formula is C17H23NO4. The molecule has 0 saturated carbocycles. The van der Waals surface area contributed by atoms with Gasteiger partial charge in [0.05, 0.1) is 20.5 Å². The van der Waals surface area contributed by atoms with Gasteiger partial charge < -0.3 is 24.3 Å². The van der Waals surface area contributed by atoms with Crippen LogP contribution in [0.5, 0.6) is 11.5 Å². The predicted molar refractivity (Wildman–Crippen MR) is 84.1 cm³/mol. The zero-order valence-corrected chi connectivity index (χ0v) is 13.2. The highest BCUT2D eigenvalue weighted by atomic mass is 16.5. The topological polar surface area (TPSA) is 63.9 Å². The fraction of sp³-hybridized carbons (Fsp3) is 0.412. The molecule has 5 nitrogen and oxygen atoms in total. The van der Waals surface area contributed by atoms with Crippen molar-refractivity contribution in [1.29, 1.82) is 0 Å². The molecule has 2 rings (SSSR count). The molecule has 1 aromatic heterocycles. The molecule has 1 aromatic carbocycles. The zero-order valence-electron chi connectivity index (χ0n) is 13.2. The van der Waals surface area contributed by atoms with Crippen molar-refractivity contribution in [3.8, 4) is 11.5 Å². The Kier molecular flexibility index (Phi) is 5.86. The number of nitrogens with one attached hydrogen (secondary N) is 1. The molecule has 0 fully saturated rings. The Morgan fingerprint density at radius 2 is 1.86 bits per heavy atom. The number of benzene rings is 1. The zero-order chi connectivity index (χ0) is 15.9. The summed E-state index contributed by atoms with van der Waals surface area (Å²) in [6.07, 6.45) is 1.55. The molecule has 120 valence electrons. The van der Waals surface area contributed by atoms with Gasteiger partial charge in [0.15, 0.2) is 0 Å². The van der Waals surface area contributed by atoms with Crippen LogP contribution < -0.4 is 14.8 Å². The Morgan fingerprint density at radius 3 is 2.41 bits per heavy atom. The minimum Gasteiger partial charge on any atom is -0.497 e. The second-order valence-corrected chi connectivity index (χ2v) is 5.27. The summed E-state index contributed by atoms with van der Waals surface area (Å²) in [6, 6.07) is 9.46. The van der Waals surface area contributed by atoms with Gasteiger partial charge in [-0.15, -0.1) is 0 Å². The average Bonchev–Trinajstić information content (AvgIpc) is 3.07. The monoisotopic (exact) mass is 305 g/mol. The van der Waals surface area contributed by atoms with E-state index in [0.717, 1.165) is 17.1 Å². The van der Waals surface area contributed by atoms with Crippen LogP contribution in [-0.2, 0) is 6.54 Å². The molecule has 22 heavy (non-hydrogen) atoms. The summed E-state index contributed by atoms with van der Waals surface area (Å²) in [6.45, 7) is 2.70. The van der Waals surface area contributed by atoms with Gasteiger partial charge in [0.2, 0.25) is 0 Å². The summed E-state index contributed by atoms with van der Waals surface area (Å²) in [5, 5.41) is 13.4. The van der Waals surface area contributed by atoms with E-state index in [4.69, 9.17) is 13.9 Å². The van der Waals surface area contributed by atoms with E-state index in [2.05, 4.69) is 5.32 Å². The maximum Gasteiger partial charge on any atom is 0.132 e. The molecule has 0 aliphatic carbocycles. The first kappa shape index (κ1) is 16.4. The van der Waals surface area contributed by atoms with Gasteiger partial charge >= 0.3 is 0 Å². The molecular weight excluding hydrogens is 282 g/mol. The normalized spacial score (nSPS) is 13.6. The van der Waals surface area contributed by atoms with Gasteiger partial charge in [-0.2, -0.15) is 0 Å². The van der Waals surface area contributed by atoms with E-state index >= 15 is 0 Å². The number of hydrogen-bond acceptors (Lipinski definition) is 5. The highest BCUT2D eigenvalue weighted by Gasteiger charge is 2.14. The number of methoxy groups -OCH3 is 2. The molecule has 0 aliphatic heterocycles. The van der Waals surface area contributed by atoms with Gasteiger partial charge in [-0.25, -0.2) is 0 Å². The van der Waals surface area contributed by atoms with Crippen molar-refractivity contribution in [3.05, 3.63) is 47.9 Å². The van der Waals surface area contributed by atoms with Crippen LogP contribution in [0.25, 0.3) is 0 Å². The largest absolute Gasteiger partial charge is 0.497 e. The summed E-state index contributed by atoms with van der Waals surface area (Å²) in [4.78, 5) is 0. The maximum absolute atomic E-state index is 10.1. The van der Waals surface area contributed by atoms with Crippen LogP contribution >= 0.6 is 0 Å². The standard InChI is InChI=1S/C17H23NO4/c1-12(7-16(19)17-5-4-6-22-17)18-11-13-8-14(20-2)10-15(9-13)21-3/h4-6,8-10,12,16,18-19H,7,11H2,1-3H3. The Hall–Kier alpha value is -1.98. The first-order valence-corrected chi connectivity index (χ1v) is 7.29. The van der Waals surface area contributed by atoms with Crippen LogP contribution in [-0.4, -0.2) is 25.4 Å². The molecule has 0 bridgehead atoms. The molecule has 0 saturated heterocycles. The van der Waals surface area contributed by atoms with Gasteiger partial charge in [0, 0.05) is 18.7 Å². The van der Waals surface area contributed by atoms with Crippen molar-refractivity contribution >= 4 is 0 Å². The van der Waals surface area contributed by atoms with E-state index in [1.807, 2.05) is 25.1 Å². The number of rotatable bonds is 8. The molecule has 0 amide bonds. The van der Waals surface area contributed by atoms with Crippen molar-refractivity contribution in [1.82, 2.24) is 5.32 Å². The SMILES string of the molecule is COc1cc(CNC(C)CC(O)c2ccco2)cc(OC)c1. The van der Waals surface area contributed by atoms with E-state index in [9.17, 15) is 5.11 Å². The molecule has 0 aliphatic rings. The Labute approximate surface area is 130 Å². The minimum atomic E-state index is -0.600. The van der Waals surface area contributed by atoms with Crippen LogP contribution in [0.1, 0.15) is 30.8 Å². The number of aliphatic hydroxyl groups is 1. The highest BCUT2D eigenvalue weighted by molar-refractivity contribution is 5.38. The van der Waals surface area contributed by atoms with Crippen molar-refractivity contribution in [2.24, 2.45) is 0 Å². The second-order valence-electron chi connectivity index (χ2n) is 5.27. The van der Waals surface area contributed by atoms with E-state index in [1.54, 1.807) is 32.6 Å².